The van der Waals surface area contributed by atoms with Crippen molar-refractivity contribution >= 4 is 11.8 Å². The van der Waals surface area contributed by atoms with Crippen LogP contribution in [0.25, 0.3) is 0 Å². The van der Waals surface area contributed by atoms with Crippen LogP contribution in [0.3, 0.4) is 0 Å². The van der Waals surface area contributed by atoms with Crippen molar-refractivity contribution in [3.05, 3.63) is 0 Å². The fourth-order valence-electron chi connectivity index (χ4n) is 1.38. The Kier molecular flexibility index (Phi) is 3.74. The number of hydrogen-bond acceptors (Lipinski definition) is 3. The average molecular weight is 170 g/mol. The summed E-state index contributed by atoms with van der Waals surface area (Å²) >= 11 is 1.96. The second-order valence-corrected chi connectivity index (χ2v) is 4.20. The molecule has 62 valence electrons. The quantitative estimate of drug-likeness (QED) is 0.646. The van der Waals surface area contributed by atoms with E-state index in [1.165, 1.54) is 11.5 Å². The van der Waals surface area contributed by atoms with Gasteiger partial charge in [0.15, 0.2) is 0 Å². The highest BCUT2D eigenvalue weighted by Crippen LogP contribution is 2.23. The third-order valence-electron chi connectivity index (χ3n) is 2.19. The summed E-state index contributed by atoms with van der Waals surface area (Å²) in [4.78, 5) is 0. The number of nitrogens with two attached hydrogens (primary N) is 1. The summed E-state index contributed by atoms with van der Waals surface area (Å²) in [6.45, 7) is 0. The van der Waals surface area contributed by atoms with Crippen molar-refractivity contribution < 1.29 is 0 Å². The molecular weight excluding hydrogens is 156 g/mol. The normalized spacial score (nSPS) is 32.4. The van der Waals surface area contributed by atoms with Gasteiger partial charge in [0.1, 0.15) is 0 Å². The third-order valence-corrected chi connectivity index (χ3v) is 3.24. The summed E-state index contributed by atoms with van der Waals surface area (Å²) in [6.07, 6.45) is 2.85. The van der Waals surface area contributed by atoms with Crippen molar-refractivity contribution in [3.63, 3.8) is 0 Å². The van der Waals surface area contributed by atoms with Crippen LogP contribution in [0.15, 0.2) is 0 Å². The maximum Gasteiger partial charge on any atom is 0.0625 e. The summed E-state index contributed by atoms with van der Waals surface area (Å²) in [5, 5.41) is 8.52. The molecule has 1 heterocycles. The molecule has 2 N–H and O–H groups in total. The molecule has 0 aromatic rings. The van der Waals surface area contributed by atoms with Crippen LogP contribution in [0, 0.1) is 17.2 Å². The molecule has 2 nitrogen and oxygen atoms in total. The van der Waals surface area contributed by atoms with Crippen molar-refractivity contribution in [2.24, 2.45) is 11.7 Å². The van der Waals surface area contributed by atoms with Gasteiger partial charge in [0.25, 0.3) is 0 Å². The Morgan fingerprint density at radius 2 is 2.18 bits per heavy atom. The monoisotopic (exact) mass is 170 g/mol. The lowest BCUT2D eigenvalue weighted by molar-refractivity contribution is 0.416. The predicted molar refractivity (Wildman–Crippen MR) is 48.3 cm³/mol. The largest absolute Gasteiger partial charge is 0.327 e. The minimum absolute atomic E-state index is 0.268. The molecule has 1 rings (SSSR count). The van der Waals surface area contributed by atoms with Crippen LogP contribution in [-0.4, -0.2) is 17.5 Å². The van der Waals surface area contributed by atoms with E-state index in [-0.39, 0.29) is 6.04 Å². The first-order chi connectivity index (χ1) is 5.34. The minimum atomic E-state index is 0.268. The molecule has 2 atom stereocenters. The van der Waals surface area contributed by atoms with E-state index in [0.29, 0.717) is 12.3 Å². The van der Waals surface area contributed by atoms with Gasteiger partial charge in [0.05, 0.1) is 6.07 Å². The van der Waals surface area contributed by atoms with Crippen molar-refractivity contribution in [1.29, 1.82) is 5.26 Å². The van der Waals surface area contributed by atoms with Gasteiger partial charge in [-0.1, -0.05) is 0 Å². The molecule has 0 aromatic heterocycles. The van der Waals surface area contributed by atoms with Crippen LogP contribution in [0.5, 0.6) is 0 Å². The van der Waals surface area contributed by atoms with Gasteiger partial charge in [-0.2, -0.15) is 17.0 Å². The zero-order valence-corrected chi connectivity index (χ0v) is 7.44. The maximum atomic E-state index is 8.52. The lowest BCUT2D eigenvalue weighted by Gasteiger charge is -2.16. The second-order valence-electron chi connectivity index (χ2n) is 2.98. The van der Waals surface area contributed by atoms with Crippen LogP contribution in [0.2, 0.25) is 0 Å². The highest BCUT2D eigenvalue weighted by molar-refractivity contribution is 7.99. The summed E-state index contributed by atoms with van der Waals surface area (Å²) < 4.78 is 0. The Labute approximate surface area is 72.1 Å². The standard InChI is InChI=1S/C8H14N2S/c9-4-1-7-2-5-11-6-3-8(7)10/h7-8H,1-3,5-6,10H2/t7-,8-/m0/s1. The molecule has 0 radical (unpaired) electrons. The Morgan fingerprint density at radius 1 is 1.45 bits per heavy atom. The van der Waals surface area contributed by atoms with Gasteiger partial charge in [-0.3, -0.25) is 0 Å². The van der Waals surface area contributed by atoms with Gasteiger partial charge in [-0.15, -0.1) is 0 Å². The van der Waals surface area contributed by atoms with Crippen LogP contribution >= 0.6 is 11.8 Å². The Hall–Kier alpha value is -0.200. The topological polar surface area (TPSA) is 49.8 Å². The first kappa shape index (κ1) is 8.89. The smallest absolute Gasteiger partial charge is 0.0625 e. The van der Waals surface area contributed by atoms with Gasteiger partial charge in [-0.25, -0.2) is 0 Å². The first-order valence-electron chi connectivity index (χ1n) is 4.05. The summed E-state index contributed by atoms with van der Waals surface area (Å²) in [5.41, 5.74) is 5.90. The summed E-state index contributed by atoms with van der Waals surface area (Å²) in [6, 6.07) is 2.47. The number of nitrogens with zero attached hydrogens (tertiary/aromatic N) is 1. The van der Waals surface area contributed by atoms with Gasteiger partial charge < -0.3 is 5.73 Å². The fraction of sp³-hybridized carbons (Fsp3) is 0.875. The molecule has 0 amide bonds. The van der Waals surface area contributed by atoms with Crippen molar-refractivity contribution in [1.82, 2.24) is 0 Å². The highest BCUT2D eigenvalue weighted by Gasteiger charge is 2.19. The number of hydrogen-bond donors (Lipinski definition) is 1. The van der Waals surface area contributed by atoms with E-state index in [0.717, 1.165) is 12.8 Å². The number of nitriles is 1. The lowest BCUT2D eigenvalue weighted by Crippen LogP contribution is -2.29. The molecule has 0 unspecified atom stereocenters. The van der Waals surface area contributed by atoms with Crippen LogP contribution in [-0.2, 0) is 0 Å². The predicted octanol–water partition coefficient (Wildman–Crippen LogP) is 1.37. The molecule has 1 fully saturated rings. The highest BCUT2D eigenvalue weighted by atomic mass is 32.2. The lowest BCUT2D eigenvalue weighted by atomic mass is 9.93. The molecule has 11 heavy (non-hydrogen) atoms. The second kappa shape index (κ2) is 4.63. The zero-order valence-electron chi connectivity index (χ0n) is 6.62. The van der Waals surface area contributed by atoms with Crippen LogP contribution in [0.1, 0.15) is 19.3 Å². The molecule has 1 aliphatic rings. The van der Waals surface area contributed by atoms with E-state index in [1.807, 2.05) is 11.8 Å². The molecule has 0 spiro atoms. The SMILES string of the molecule is N#CC[C@H]1CCSCC[C@@H]1N. The Morgan fingerprint density at radius 3 is 2.91 bits per heavy atom. The van der Waals surface area contributed by atoms with Crippen LogP contribution in [0.4, 0.5) is 0 Å². The van der Waals surface area contributed by atoms with Gasteiger partial charge >= 0.3 is 0 Å². The average Bonchev–Trinajstić information content (AvgIpc) is 2.18. The van der Waals surface area contributed by atoms with E-state index < -0.39 is 0 Å². The van der Waals surface area contributed by atoms with E-state index in [9.17, 15) is 0 Å². The molecule has 0 saturated carbocycles. The van der Waals surface area contributed by atoms with E-state index in [4.69, 9.17) is 11.0 Å². The molecule has 0 aliphatic carbocycles. The molecule has 1 saturated heterocycles. The van der Waals surface area contributed by atoms with Crippen molar-refractivity contribution in [2.45, 2.75) is 25.3 Å². The molecule has 0 aromatic carbocycles. The summed E-state index contributed by atoms with van der Waals surface area (Å²) in [7, 11) is 0. The summed E-state index contributed by atoms with van der Waals surface area (Å²) in [5.74, 6) is 2.80. The molecular formula is C8H14N2S. The Bertz CT molecular complexity index is 153. The van der Waals surface area contributed by atoms with Crippen molar-refractivity contribution in [2.75, 3.05) is 11.5 Å². The van der Waals surface area contributed by atoms with Gasteiger partial charge in [0.2, 0.25) is 0 Å². The van der Waals surface area contributed by atoms with Gasteiger partial charge in [0, 0.05) is 12.5 Å². The maximum absolute atomic E-state index is 8.52. The fourth-order valence-corrected chi connectivity index (χ4v) is 2.49. The minimum Gasteiger partial charge on any atom is -0.327 e. The zero-order chi connectivity index (χ0) is 8.10. The molecule has 1 aliphatic heterocycles. The number of thioether (sulfide) groups is 1. The van der Waals surface area contributed by atoms with Crippen LogP contribution < -0.4 is 5.73 Å². The van der Waals surface area contributed by atoms with E-state index >= 15 is 0 Å². The first-order valence-corrected chi connectivity index (χ1v) is 5.20. The third kappa shape index (κ3) is 2.72. The van der Waals surface area contributed by atoms with E-state index in [2.05, 4.69) is 6.07 Å². The molecule has 3 heteroatoms. The van der Waals surface area contributed by atoms with E-state index in [1.54, 1.807) is 0 Å². The van der Waals surface area contributed by atoms with Crippen molar-refractivity contribution in [3.8, 4) is 6.07 Å². The van der Waals surface area contributed by atoms with Gasteiger partial charge in [-0.05, 0) is 30.3 Å². The number of rotatable bonds is 1. The Balaban J connectivity index is 2.40. The molecule has 0 bridgehead atoms.